The van der Waals surface area contributed by atoms with E-state index in [2.05, 4.69) is 4.90 Å². The summed E-state index contributed by atoms with van der Waals surface area (Å²) in [6.07, 6.45) is -0.0478. The van der Waals surface area contributed by atoms with E-state index in [0.717, 1.165) is 25.2 Å². The number of nitrogens with two attached hydrogens (primary N) is 1. The third-order valence-corrected chi connectivity index (χ3v) is 3.20. The Hall–Kier alpha value is -0.680. The lowest BCUT2D eigenvalue weighted by Gasteiger charge is -2.32. The molecule has 5 heteroatoms. The van der Waals surface area contributed by atoms with Gasteiger partial charge in [0.05, 0.1) is 17.7 Å². The molecule has 1 saturated heterocycles. The Bertz CT molecular complexity index is 387. The molecule has 3 nitrogen and oxygen atoms in total. The third-order valence-electron chi connectivity index (χ3n) is 2.91. The molecule has 1 fully saturated rings. The minimum atomic E-state index is -0.398. The van der Waals surface area contributed by atoms with Gasteiger partial charge in [-0.05, 0) is 17.7 Å². The molecule has 1 atom stereocenters. The van der Waals surface area contributed by atoms with Gasteiger partial charge in [0.15, 0.2) is 0 Å². The van der Waals surface area contributed by atoms with Crippen molar-refractivity contribution >= 4 is 11.6 Å². The number of hydrogen-bond acceptors (Lipinski definition) is 3. The molecule has 0 bridgehead atoms. The molecule has 1 unspecified atom stereocenters. The van der Waals surface area contributed by atoms with Gasteiger partial charge >= 0.3 is 0 Å². The average Bonchev–Trinajstić information content (AvgIpc) is 2.33. The topological polar surface area (TPSA) is 38.5 Å². The fourth-order valence-corrected chi connectivity index (χ4v) is 2.19. The number of rotatable bonds is 3. The lowest BCUT2D eigenvalue weighted by Crippen LogP contribution is -2.40. The third kappa shape index (κ3) is 3.16. The summed E-state index contributed by atoms with van der Waals surface area (Å²) in [7, 11) is 0. The fraction of sp³-hybridized carbons (Fsp3) is 0.500. The number of ether oxygens (including phenoxy) is 1. The SMILES string of the molecule is NCCN1CCOC(c2ccc(F)c(Cl)c2)C1. The minimum absolute atomic E-state index is 0.0478. The first-order valence-corrected chi connectivity index (χ1v) is 6.07. The number of halogens is 2. The zero-order chi connectivity index (χ0) is 12.3. The van der Waals surface area contributed by atoms with Crippen molar-refractivity contribution in [1.82, 2.24) is 4.90 Å². The maximum atomic E-state index is 13.1. The summed E-state index contributed by atoms with van der Waals surface area (Å²) >= 11 is 5.77. The number of hydrogen-bond donors (Lipinski definition) is 1. The molecule has 1 heterocycles. The molecule has 0 spiro atoms. The van der Waals surface area contributed by atoms with Gasteiger partial charge in [-0.2, -0.15) is 0 Å². The van der Waals surface area contributed by atoms with E-state index in [4.69, 9.17) is 22.1 Å². The van der Waals surface area contributed by atoms with Gasteiger partial charge in [-0.15, -0.1) is 0 Å². The van der Waals surface area contributed by atoms with E-state index in [1.807, 2.05) is 0 Å². The lowest BCUT2D eigenvalue weighted by molar-refractivity contribution is -0.0288. The van der Waals surface area contributed by atoms with Gasteiger partial charge in [0, 0.05) is 26.2 Å². The van der Waals surface area contributed by atoms with E-state index >= 15 is 0 Å². The van der Waals surface area contributed by atoms with Gasteiger partial charge < -0.3 is 10.5 Å². The van der Waals surface area contributed by atoms with Crippen molar-refractivity contribution in [3.63, 3.8) is 0 Å². The number of benzene rings is 1. The predicted molar refractivity (Wildman–Crippen MR) is 65.6 cm³/mol. The summed E-state index contributed by atoms with van der Waals surface area (Å²) in [5.74, 6) is -0.398. The van der Waals surface area contributed by atoms with Crippen molar-refractivity contribution in [1.29, 1.82) is 0 Å². The number of nitrogens with zero attached hydrogens (tertiary/aromatic N) is 1. The molecule has 1 aromatic rings. The van der Waals surface area contributed by atoms with E-state index in [1.54, 1.807) is 12.1 Å². The Kier molecular flexibility index (Phi) is 4.34. The van der Waals surface area contributed by atoms with Crippen LogP contribution in [0.2, 0.25) is 5.02 Å². The van der Waals surface area contributed by atoms with Crippen LogP contribution in [0.25, 0.3) is 0 Å². The summed E-state index contributed by atoms with van der Waals surface area (Å²) in [4.78, 5) is 2.24. The van der Waals surface area contributed by atoms with E-state index in [0.29, 0.717) is 13.2 Å². The standard InChI is InChI=1S/C12H16ClFN2O/c13-10-7-9(1-2-11(10)14)12-8-16(4-3-15)5-6-17-12/h1-2,7,12H,3-6,8,15H2. The van der Waals surface area contributed by atoms with Gasteiger partial charge in [-0.25, -0.2) is 4.39 Å². The fourth-order valence-electron chi connectivity index (χ4n) is 2.00. The van der Waals surface area contributed by atoms with Crippen LogP contribution in [0, 0.1) is 5.82 Å². The smallest absolute Gasteiger partial charge is 0.141 e. The molecule has 0 aliphatic carbocycles. The first-order chi connectivity index (χ1) is 8.20. The van der Waals surface area contributed by atoms with Crippen LogP contribution in [0.4, 0.5) is 4.39 Å². The van der Waals surface area contributed by atoms with Crippen molar-refractivity contribution in [2.24, 2.45) is 5.73 Å². The normalized spacial score (nSPS) is 21.7. The maximum absolute atomic E-state index is 13.1. The second kappa shape index (κ2) is 5.78. The lowest BCUT2D eigenvalue weighted by atomic mass is 10.1. The van der Waals surface area contributed by atoms with Gasteiger partial charge in [-0.3, -0.25) is 4.90 Å². The van der Waals surface area contributed by atoms with Gasteiger partial charge in [0.1, 0.15) is 5.82 Å². The first-order valence-electron chi connectivity index (χ1n) is 5.69. The van der Waals surface area contributed by atoms with Gasteiger partial charge in [-0.1, -0.05) is 17.7 Å². The van der Waals surface area contributed by atoms with Gasteiger partial charge in [0.25, 0.3) is 0 Å². The molecule has 0 amide bonds. The van der Waals surface area contributed by atoms with Crippen LogP contribution in [0.15, 0.2) is 18.2 Å². The van der Waals surface area contributed by atoms with E-state index in [-0.39, 0.29) is 11.1 Å². The molecule has 2 N–H and O–H groups in total. The summed E-state index contributed by atoms with van der Waals surface area (Å²) in [6, 6.07) is 4.73. The molecule has 0 aromatic heterocycles. The second-order valence-corrected chi connectivity index (χ2v) is 4.53. The summed E-state index contributed by atoms with van der Waals surface area (Å²) < 4.78 is 18.7. The molecule has 0 saturated carbocycles. The molecule has 1 aliphatic rings. The highest BCUT2D eigenvalue weighted by Crippen LogP contribution is 2.25. The van der Waals surface area contributed by atoms with Crippen LogP contribution in [0.3, 0.4) is 0 Å². The summed E-state index contributed by atoms with van der Waals surface area (Å²) in [5.41, 5.74) is 6.45. The Labute approximate surface area is 105 Å². The molecule has 2 rings (SSSR count). The van der Waals surface area contributed by atoms with Crippen molar-refractivity contribution in [3.05, 3.63) is 34.6 Å². The monoisotopic (exact) mass is 258 g/mol. The van der Waals surface area contributed by atoms with Crippen LogP contribution in [0.1, 0.15) is 11.7 Å². The summed E-state index contributed by atoms with van der Waals surface area (Å²) in [5, 5.41) is 0.141. The highest BCUT2D eigenvalue weighted by molar-refractivity contribution is 6.30. The Balaban J connectivity index is 2.08. The van der Waals surface area contributed by atoms with Crippen LogP contribution in [-0.2, 0) is 4.74 Å². The minimum Gasteiger partial charge on any atom is -0.371 e. The molecule has 1 aliphatic heterocycles. The van der Waals surface area contributed by atoms with E-state index < -0.39 is 5.82 Å². The molecule has 1 aromatic carbocycles. The first kappa shape index (κ1) is 12.8. The summed E-state index contributed by atoms with van der Waals surface area (Å²) in [6.45, 7) is 3.83. The van der Waals surface area contributed by atoms with Crippen molar-refractivity contribution in [3.8, 4) is 0 Å². The van der Waals surface area contributed by atoms with Crippen LogP contribution >= 0.6 is 11.6 Å². The highest BCUT2D eigenvalue weighted by atomic mass is 35.5. The zero-order valence-electron chi connectivity index (χ0n) is 9.53. The Morgan fingerprint density at radius 1 is 1.53 bits per heavy atom. The van der Waals surface area contributed by atoms with Crippen LogP contribution < -0.4 is 5.73 Å². The van der Waals surface area contributed by atoms with Gasteiger partial charge in [0.2, 0.25) is 0 Å². The predicted octanol–water partition coefficient (Wildman–Crippen LogP) is 1.81. The quantitative estimate of drug-likeness (QED) is 0.899. The van der Waals surface area contributed by atoms with Crippen LogP contribution in [0.5, 0.6) is 0 Å². The molecular formula is C12H16ClFN2O. The molecular weight excluding hydrogens is 243 g/mol. The zero-order valence-corrected chi connectivity index (χ0v) is 10.3. The molecule has 17 heavy (non-hydrogen) atoms. The largest absolute Gasteiger partial charge is 0.371 e. The highest BCUT2D eigenvalue weighted by Gasteiger charge is 2.21. The van der Waals surface area contributed by atoms with E-state index in [1.165, 1.54) is 6.07 Å². The van der Waals surface area contributed by atoms with Crippen molar-refractivity contribution in [2.75, 3.05) is 32.8 Å². The second-order valence-electron chi connectivity index (χ2n) is 4.12. The van der Waals surface area contributed by atoms with Crippen LogP contribution in [-0.4, -0.2) is 37.7 Å². The molecule has 0 radical (unpaired) electrons. The molecule has 94 valence electrons. The Morgan fingerprint density at radius 3 is 3.06 bits per heavy atom. The Morgan fingerprint density at radius 2 is 2.35 bits per heavy atom. The van der Waals surface area contributed by atoms with Crippen molar-refractivity contribution < 1.29 is 9.13 Å². The maximum Gasteiger partial charge on any atom is 0.141 e. The number of morpholine rings is 1. The average molecular weight is 259 g/mol. The van der Waals surface area contributed by atoms with E-state index in [9.17, 15) is 4.39 Å². The van der Waals surface area contributed by atoms with Crippen molar-refractivity contribution in [2.45, 2.75) is 6.10 Å².